The molecule has 2 heteroatoms. The SMILES string of the molecule is CCC(=O)C1(O)c2ccccc2CC1(CC)CC. The molecule has 0 saturated carbocycles. The van der Waals surface area contributed by atoms with Crippen molar-refractivity contribution in [1.29, 1.82) is 0 Å². The second-order valence-electron chi connectivity index (χ2n) is 5.31. The Kier molecular flexibility index (Phi) is 3.33. The van der Waals surface area contributed by atoms with Crippen molar-refractivity contribution in [3.05, 3.63) is 35.4 Å². The van der Waals surface area contributed by atoms with Crippen LogP contribution in [-0.4, -0.2) is 10.9 Å². The predicted octanol–water partition coefficient (Wildman–Crippen LogP) is 3.22. The summed E-state index contributed by atoms with van der Waals surface area (Å²) in [5.74, 6) is -0.0452. The lowest BCUT2D eigenvalue weighted by Gasteiger charge is -2.40. The lowest BCUT2D eigenvalue weighted by molar-refractivity contribution is -0.155. The van der Waals surface area contributed by atoms with Crippen LogP contribution in [-0.2, 0) is 16.8 Å². The van der Waals surface area contributed by atoms with Gasteiger partial charge in [0.2, 0.25) is 0 Å². The maximum atomic E-state index is 12.4. The molecule has 0 aliphatic heterocycles. The molecule has 2 rings (SSSR count). The van der Waals surface area contributed by atoms with E-state index in [2.05, 4.69) is 13.8 Å². The minimum atomic E-state index is -1.29. The molecule has 0 saturated heterocycles. The van der Waals surface area contributed by atoms with Gasteiger partial charge in [-0.15, -0.1) is 0 Å². The van der Waals surface area contributed by atoms with Gasteiger partial charge in [-0.05, 0) is 30.4 Å². The van der Waals surface area contributed by atoms with Crippen LogP contribution in [0, 0.1) is 5.41 Å². The molecule has 0 aromatic heterocycles. The fraction of sp³-hybridized carbons (Fsp3) is 0.562. The zero-order chi connectivity index (χ0) is 13.4. The number of aliphatic hydroxyl groups is 1. The van der Waals surface area contributed by atoms with E-state index >= 15 is 0 Å². The average Bonchev–Trinajstić information content (AvgIpc) is 2.69. The quantitative estimate of drug-likeness (QED) is 0.885. The van der Waals surface area contributed by atoms with Crippen LogP contribution in [0.5, 0.6) is 0 Å². The van der Waals surface area contributed by atoms with Crippen LogP contribution < -0.4 is 0 Å². The number of carbonyl (C=O) groups excluding carboxylic acids is 1. The summed E-state index contributed by atoms with van der Waals surface area (Å²) in [6.07, 6.45) is 2.83. The van der Waals surface area contributed by atoms with Gasteiger partial charge in [0.15, 0.2) is 11.4 Å². The van der Waals surface area contributed by atoms with Gasteiger partial charge in [-0.3, -0.25) is 4.79 Å². The number of carbonyl (C=O) groups is 1. The molecule has 0 bridgehead atoms. The van der Waals surface area contributed by atoms with Crippen LogP contribution in [0.4, 0.5) is 0 Å². The van der Waals surface area contributed by atoms with Gasteiger partial charge in [-0.25, -0.2) is 0 Å². The number of Topliss-reactive ketones (excluding diaryl/α,β-unsaturated/α-hetero) is 1. The van der Waals surface area contributed by atoms with Crippen LogP contribution in [0.25, 0.3) is 0 Å². The Labute approximate surface area is 109 Å². The van der Waals surface area contributed by atoms with Crippen LogP contribution in [0.15, 0.2) is 24.3 Å². The van der Waals surface area contributed by atoms with Gasteiger partial charge >= 0.3 is 0 Å². The van der Waals surface area contributed by atoms with E-state index in [9.17, 15) is 9.90 Å². The Morgan fingerprint density at radius 1 is 1.22 bits per heavy atom. The molecule has 98 valence electrons. The summed E-state index contributed by atoms with van der Waals surface area (Å²) in [6.45, 7) is 5.98. The molecular formula is C16H22O2. The molecule has 0 radical (unpaired) electrons. The van der Waals surface area contributed by atoms with E-state index in [0.717, 1.165) is 30.4 Å². The van der Waals surface area contributed by atoms with Gasteiger partial charge in [0, 0.05) is 11.8 Å². The summed E-state index contributed by atoms with van der Waals surface area (Å²) in [6, 6.07) is 7.84. The summed E-state index contributed by atoms with van der Waals surface area (Å²) in [4.78, 5) is 12.4. The van der Waals surface area contributed by atoms with Crippen molar-refractivity contribution >= 4 is 5.78 Å². The predicted molar refractivity (Wildman–Crippen MR) is 72.4 cm³/mol. The smallest absolute Gasteiger partial charge is 0.169 e. The van der Waals surface area contributed by atoms with E-state index < -0.39 is 5.60 Å². The third kappa shape index (κ3) is 1.48. The molecule has 1 aliphatic rings. The van der Waals surface area contributed by atoms with Gasteiger partial charge in [0.25, 0.3) is 0 Å². The standard InChI is InChI=1S/C16H22O2/c1-4-14(17)16(18)13-10-8-7-9-12(13)11-15(16,5-2)6-3/h7-10,18H,4-6,11H2,1-3H3. The molecule has 0 heterocycles. The molecule has 1 atom stereocenters. The van der Waals surface area contributed by atoms with Gasteiger partial charge in [0.05, 0.1) is 0 Å². The number of hydrogen-bond donors (Lipinski definition) is 1. The summed E-state index contributed by atoms with van der Waals surface area (Å²) in [7, 11) is 0. The highest BCUT2D eigenvalue weighted by Gasteiger charge is 2.58. The van der Waals surface area contributed by atoms with Gasteiger partial charge in [-0.1, -0.05) is 45.0 Å². The van der Waals surface area contributed by atoms with Crippen molar-refractivity contribution in [2.75, 3.05) is 0 Å². The van der Waals surface area contributed by atoms with Gasteiger partial charge in [0.1, 0.15) is 0 Å². The zero-order valence-electron chi connectivity index (χ0n) is 11.5. The number of fused-ring (bicyclic) bond motifs is 1. The Morgan fingerprint density at radius 3 is 2.39 bits per heavy atom. The Morgan fingerprint density at radius 2 is 1.83 bits per heavy atom. The highest BCUT2D eigenvalue weighted by Crippen LogP contribution is 2.55. The third-order valence-electron chi connectivity index (χ3n) is 4.78. The summed E-state index contributed by atoms with van der Waals surface area (Å²) in [5.41, 5.74) is 0.345. The summed E-state index contributed by atoms with van der Waals surface area (Å²) in [5, 5.41) is 11.2. The Bertz CT molecular complexity index is 460. The first-order chi connectivity index (χ1) is 8.55. The maximum Gasteiger partial charge on any atom is 0.169 e. The minimum Gasteiger partial charge on any atom is -0.377 e. The first-order valence-corrected chi connectivity index (χ1v) is 6.89. The van der Waals surface area contributed by atoms with Crippen molar-refractivity contribution in [1.82, 2.24) is 0 Å². The molecule has 0 fully saturated rings. The molecule has 1 N–H and O–H groups in total. The maximum absolute atomic E-state index is 12.4. The van der Waals surface area contributed by atoms with Gasteiger partial charge < -0.3 is 5.11 Å². The highest BCUT2D eigenvalue weighted by molar-refractivity contribution is 5.90. The van der Waals surface area contributed by atoms with Crippen molar-refractivity contribution in [2.24, 2.45) is 5.41 Å². The van der Waals surface area contributed by atoms with Crippen molar-refractivity contribution in [2.45, 2.75) is 52.1 Å². The Balaban J connectivity index is 2.65. The monoisotopic (exact) mass is 246 g/mol. The number of benzene rings is 1. The van der Waals surface area contributed by atoms with Crippen LogP contribution in [0.3, 0.4) is 0 Å². The molecule has 1 aromatic carbocycles. The molecule has 1 unspecified atom stereocenters. The summed E-state index contributed by atoms with van der Waals surface area (Å²) >= 11 is 0. The molecule has 2 nitrogen and oxygen atoms in total. The van der Waals surface area contributed by atoms with Gasteiger partial charge in [-0.2, -0.15) is 0 Å². The van der Waals surface area contributed by atoms with E-state index in [-0.39, 0.29) is 11.2 Å². The number of rotatable bonds is 4. The van der Waals surface area contributed by atoms with Crippen LogP contribution in [0.2, 0.25) is 0 Å². The second-order valence-corrected chi connectivity index (χ2v) is 5.31. The largest absolute Gasteiger partial charge is 0.377 e. The zero-order valence-corrected chi connectivity index (χ0v) is 11.5. The Hall–Kier alpha value is -1.15. The lowest BCUT2D eigenvalue weighted by Crippen LogP contribution is -2.48. The molecule has 18 heavy (non-hydrogen) atoms. The molecule has 0 spiro atoms. The van der Waals surface area contributed by atoms with E-state index in [4.69, 9.17) is 0 Å². The highest BCUT2D eigenvalue weighted by atomic mass is 16.3. The third-order valence-corrected chi connectivity index (χ3v) is 4.78. The minimum absolute atomic E-state index is 0.0452. The van der Waals surface area contributed by atoms with Crippen molar-refractivity contribution in [3.8, 4) is 0 Å². The first-order valence-electron chi connectivity index (χ1n) is 6.89. The van der Waals surface area contributed by atoms with Crippen molar-refractivity contribution in [3.63, 3.8) is 0 Å². The number of hydrogen-bond acceptors (Lipinski definition) is 2. The molecule has 1 aliphatic carbocycles. The average molecular weight is 246 g/mol. The first kappa shape index (κ1) is 13.3. The molecular weight excluding hydrogens is 224 g/mol. The van der Waals surface area contributed by atoms with Crippen LogP contribution >= 0.6 is 0 Å². The molecule has 1 aromatic rings. The topological polar surface area (TPSA) is 37.3 Å². The molecule has 0 amide bonds. The fourth-order valence-corrected chi connectivity index (χ4v) is 3.52. The van der Waals surface area contributed by atoms with E-state index in [0.29, 0.717) is 6.42 Å². The number of ketones is 1. The summed E-state index contributed by atoms with van der Waals surface area (Å²) < 4.78 is 0. The fourth-order valence-electron chi connectivity index (χ4n) is 3.52. The lowest BCUT2D eigenvalue weighted by atomic mass is 9.66. The van der Waals surface area contributed by atoms with E-state index in [1.54, 1.807) is 0 Å². The normalized spacial score (nSPS) is 24.9. The van der Waals surface area contributed by atoms with E-state index in [1.807, 2.05) is 31.2 Å². The second kappa shape index (κ2) is 4.51. The van der Waals surface area contributed by atoms with Crippen molar-refractivity contribution < 1.29 is 9.90 Å². The van der Waals surface area contributed by atoms with E-state index in [1.165, 1.54) is 0 Å². The van der Waals surface area contributed by atoms with Crippen LogP contribution in [0.1, 0.15) is 51.2 Å².